The van der Waals surface area contributed by atoms with Gasteiger partial charge in [-0.3, -0.25) is 9.20 Å². The third-order valence-corrected chi connectivity index (χ3v) is 5.12. The van der Waals surface area contributed by atoms with E-state index in [9.17, 15) is 4.79 Å². The number of aryl methyl sites for hydroxylation is 1. The van der Waals surface area contributed by atoms with E-state index >= 15 is 0 Å². The highest BCUT2D eigenvalue weighted by Crippen LogP contribution is 2.33. The summed E-state index contributed by atoms with van der Waals surface area (Å²) in [7, 11) is 0. The second-order valence-corrected chi connectivity index (χ2v) is 7.48. The van der Waals surface area contributed by atoms with Gasteiger partial charge in [-0.05, 0) is 42.5 Å². The SMILES string of the molecule is Cc1nnc(-c2ccn3c(-c4cccc(CC(=O)CC5CC5)c4)cnc3c2)o1. The van der Waals surface area contributed by atoms with Gasteiger partial charge in [0.05, 0.1) is 11.9 Å². The summed E-state index contributed by atoms with van der Waals surface area (Å²) in [6, 6.07) is 12.0. The fourth-order valence-corrected chi connectivity index (χ4v) is 3.52. The van der Waals surface area contributed by atoms with Crippen molar-refractivity contribution in [2.75, 3.05) is 0 Å². The molecule has 6 heteroatoms. The number of hydrogen-bond acceptors (Lipinski definition) is 5. The number of fused-ring (bicyclic) bond motifs is 1. The molecule has 1 fully saturated rings. The van der Waals surface area contributed by atoms with E-state index in [2.05, 4.69) is 21.2 Å². The number of carbonyl (C=O) groups is 1. The van der Waals surface area contributed by atoms with Gasteiger partial charge < -0.3 is 4.42 Å². The van der Waals surface area contributed by atoms with Gasteiger partial charge >= 0.3 is 0 Å². The highest BCUT2D eigenvalue weighted by molar-refractivity contribution is 5.82. The zero-order valence-electron chi connectivity index (χ0n) is 15.6. The molecule has 6 nitrogen and oxygen atoms in total. The zero-order chi connectivity index (χ0) is 19.1. The molecule has 4 aromatic rings. The third-order valence-electron chi connectivity index (χ3n) is 5.12. The normalized spacial score (nSPS) is 13.9. The van der Waals surface area contributed by atoms with Crippen LogP contribution in [0.2, 0.25) is 0 Å². The van der Waals surface area contributed by atoms with Crippen LogP contribution >= 0.6 is 0 Å². The van der Waals surface area contributed by atoms with Crippen molar-refractivity contribution in [1.29, 1.82) is 0 Å². The number of imidazole rings is 1. The van der Waals surface area contributed by atoms with Crippen molar-refractivity contribution < 1.29 is 9.21 Å². The molecule has 1 aromatic carbocycles. The van der Waals surface area contributed by atoms with E-state index in [4.69, 9.17) is 4.42 Å². The molecule has 0 saturated heterocycles. The number of rotatable bonds is 6. The number of pyridine rings is 1. The molecule has 5 rings (SSSR count). The fraction of sp³-hybridized carbons (Fsp3) is 0.273. The third kappa shape index (κ3) is 3.33. The summed E-state index contributed by atoms with van der Waals surface area (Å²) in [4.78, 5) is 16.7. The topological polar surface area (TPSA) is 73.3 Å². The molecular formula is C22H20N4O2. The van der Waals surface area contributed by atoms with Crippen LogP contribution in [0.5, 0.6) is 0 Å². The van der Waals surface area contributed by atoms with Gasteiger partial charge in [-0.25, -0.2) is 4.98 Å². The van der Waals surface area contributed by atoms with E-state index in [1.165, 1.54) is 12.8 Å². The maximum atomic E-state index is 12.2. The predicted molar refractivity (Wildman–Crippen MR) is 105 cm³/mol. The quantitative estimate of drug-likeness (QED) is 0.505. The minimum Gasteiger partial charge on any atom is -0.421 e. The fourth-order valence-electron chi connectivity index (χ4n) is 3.52. The first-order valence-electron chi connectivity index (χ1n) is 9.54. The number of hydrogen-bond donors (Lipinski definition) is 0. The number of nitrogens with zero attached hydrogens (tertiary/aromatic N) is 4. The highest BCUT2D eigenvalue weighted by Gasteiger charge is 2.24. The lowest BCUT2D eigenvalue weighted by Gasteiger charge is -2.06. The molecule has 0 amide bonds. The van der Waals surface area contributed by atoms with Crippen LogP contribution in [-0.2, 0) is 11.2 Å². The molecule has 0 spiro atoms. The lowest BCUT2D eigenvalue weighted by Crippen LogP contribution is -2.03. The molecule has 0 aliphatic heterocycles. The Balaban J connectivity index is 1.44. The van der Waals surface area contributed by atoms with E-state index in [1.54, 1.807) is 6.92 Å². The maximum absolute atomic E-state index is 12.2. The molecule has 1 aliphatic rings. The van der Waals surface area contributed by atoms with E-state index in [1.807, 2.05) is 47.1 Å². The largest absolute Gasteiger partial charge is 0.421 e. The first-order chi connectivity index (χ1) is 13.7. The van der Waals surface area contributed by atoms with Crippen molar-refractivity contribution in [1.82, 2.24) is 19.6 Å². The van der Waals surface area contributed by atoms with Gasteiger partial charge in [0, 0.05) is 37.1 Å². The average molecular weight is 372 g/mol. The van der Waals surface area contributed by atoms with Crippen LogP contribution in [0.3, 0.4) is 0 Å². The van der Waals surface area contributed by atoms with Gasteiger partial charge in [-0.15, -0.1) is 10.2 Å². The number of aromatic nitrogens is 4. The summed E-state index contributed by atoms with van der Waals surface area (Å²) in [6.07, 6.45) is 7.44. The van der Waals surface area contributed by atoms with Crippen molar-refractivity contribution in [3.8, 4) is 22.7 Å². The number of Topliss-reactive ketones (excluding diaryl/α,β-unsaturated/α-hetero) is 1. The van der Waals surface area contributed by atoms with Crippen molar-refractivity contribution in [2.24, 2.45) is 5.92 Å². The average Bonchev–Trinajstić information content (AvgIpc) is 3.23. The van der Waals surface area contributed by atoms with Crippen LogP contribution in [-0.4, -0.2) is 25.4 Å². The Kier molecular flexibility index (Phi) is 4.04. The highest BCUT2D eigenvalue weighted by atomic mass is 16.4. The van der Waals surface area contributed by atoms with Crippen molar-refractivity contribution >= 4 is 11.4 Å². The number of benzene rings is 1. The first kappa shape index (κ1) is 16.9. The summed E-state index contributed by atoms with van der Waals surface area (Å²) in [5.41, 5.74) is 4.73. The monoisotopic (exact) mass is 372 g/mol. The lowest BCUT2D eigenvalue weighted by molar-refractivity contribution is -0.118. The Bertz CT molecular complexity index is 1170. The zero-order valence-corrected chi connectivity index (χ0v) is 15.6. The Hall–Kier alpha value is -3.28. The molecule has 3 heterocycles. The van der Waals surface area contributed by atoms with Gasteiger partial charge in [-0.2, -0.15) is 0 Å². The van der Waals surface area contributed by atoms with Gasteiger partial charge in [0.2, 0.25) is 11.8 Å². The van der Waals surface area contributed by atoms with Crippen LogP contribution in [0.15, 0.2) is 53.2 Å². The summed E-state index contributed by atoms with van der Waals surface area (Å²) < 4.78 is 7.53. The van der Waals surface area contributed by atoms with Crippen LogP contribution in [0.1, 0.15) is 30.7 Å². The minimum absolute atomic E-state index is 0.331. The van der Waals surface area contributed by atoms with Crippen LogP contribution in [0, 0.1) is 12.8 Å². The summed E-state index contributed by atoms with van der Waals surface area (Å²) in [5, 5.41) is 7.95. The molecule has 3 aromatic heterocycles. The molecule has 0 N–H and O–H groups in total. The second kappa shape index (κ2) is 6.71. The Labute approximate surface area is 162 Å². The van der Waals surface area contributed by atoms with Crippen LogP contribution in [0.25, 0.3) is 28.4 Å². The van der Waals surface area contributed by atoms with Gasteiger partial charge in [0.25, 0.3) is 0 Å². The molecule has 0 atom stereocenters. The minimum atomic E-state index is 0.331. The molecule has 0 bridgehead atoms. The molecule has 0 unspecified atom stereocenters. The molecule has 1 saturated carbocycles. The molecule has 140 valence electrons. The Morgan fingerprint density at radius 2 is 2.07 bits per heavy atom. The molecule has 28 heavy (non-hydrogen) atoms. The van der Waals surface area contributed by atoms with Crippen molar-refractivity contribution in [3.05, 3.63) is 60.2 Å². The smallest absolute Gasteiger partial charge is 0.247 e. The molecule has 0 radical (unpaired) electrons. The van der Waals surface area contributed by atoms with E-state index in [-0.39, 0.29) is 0 Å². The predicted octanol–water partition coefficient (Wildman–Crippen LogP) is 4.27. The van der Waals surface area contributed by atoms with E-state index in [0.29, 0.717) is 29.9 Å². The number of carbonyl (C=O) groups excluding carboxylic acids is 1. The lowest BCUT2D eigenvalue weighted by atomic mass is 10.0. The van der Waals surface area contributed by atoms with Crippen molar-refractivity contribution in [2.45, 2.75) is 32.6 Å². The van der Waals surface area contributed by atoms with E-state index in [0.717, 1.165) is 34.5 Å². The van der Waals surface area contributed by atoms with Crippen molar-refractivity contribution in [3.63, 3.8) is 0 Å². The molecular weight excluding hydrogens is 352 g/mol. The van der Waals surface area contributed by atoms with Crippen LogP contribution in [0.4, 0.5) is 0 Å². The maximum Gasteiger partial charge on any atom is 0.247 e. The Morgan fingerprint density at radius 1 is 1.18 bits per heavy atom. The first-order valence-corrected chi connectivity index (χ1v) is 9.54. The summed E-state index contributed by atoms with van der Waals surface area (Å²) >= 11 is 0. The van der Waals surface area contributed by atoms with Crippen LogP contribution < -0.4 is 0 Å². The number of ketones is 1. The summed E-state index contributed by atoms with van der Waals surface area (Å²) in [6.45, 7) is 1.77. The van der Waals surface area contributed by atoms with Gasteiger partial charge in [0.1, 0.15) is 11.4 Å². The Morgan fingerprint density at radius 3 is 2.86 bits per heavy atom. The summed E-state index contributed by atoms with van der Waals surface area (Å²) in [5.74, 6) is 1.98. The standard InChI is InChI=1S/C22H20N4O2/c1-14-24-25-22(28-14)18-7-8-26-20(13-23-21(26)12-18)17-4-2-3-16(9-17)11-19(27)10-15-5-6-15/h2-4,7-9,12-13,15H,5-6,10-11H2,1H3. The second-order valence-electron chi connectivity index (χ2n) is 7.48. The van der Waals surface area contributed by atoms with Gasteiger partial charge in [0.15, 0.2) is 0 Å². The van der Waals surface area contributed by atoms with E-state index < -0.39 is 0 Å². The molecule has 1 aliphatic carbocycles. The van der Waals surface area contributed by atoms with Gasteiger partial charge in [-0.1, -0.05) is 18.2 Å².